The first-order chi connectivity index (χ1) is 13.3. The molecule has 3 aromatic rings. The van der Waals surface area contributed by atoms with Crippen LogP contribution >= 0.6 is 34.8 Å². The Bertz CT molecular complexity index is 940. The molecule has 0 radical (unpaired) electrons. The third-order valence-corrected chi connectivity index (χ3v) is 4.27. The van der Waals surface area contributed by atoms with Crippen LogP contribution in [0.15, 0.2) is 79.3 Å². The second-order valence-corrected chi connectivity index (χ2v) is 9.08. The number of aromatic nitrogens is 2. The fourth-order valence-electron chi connectivity index (χ4n) is 1.94. The number of benzene rings is 1. The summed E-state index contributed by atoms with van der Waals surface area (Å²) in [6.45, 7) is -0.598. The molecular formula is C18H17Cl3FN3O3PdS. The van der Waals surface area contributed by atoms with Crippen molar-refractivity contribution >= 4 is 50.8 Å². The molecule has 0 unspecified atom stereocenters. The third kappa shape index (κ3) is 11.2. The first-order valence-corrected chi connectivity index (χ1v) is 10.4. The maximum atomic E-state index is 11.9. The Kier molecular flexibility index (Phi) is 13.3. The molecule has 166 valence electrons. The van der Waals surface area contributed by atoms with E-state index in [4.69, 9.17) is 34.8 Å². The van der Waals surface area contributed by atoms with Crippen molar-refractivity contribution in [2.24, 2.45) is 0 Å². The van der Waals surface area contributed by atoms with E-state index >= 15 is 0 Å². The quantitative estimate of drug-likeness (QED) is 0.335. The van der Waals surface area contributed by atoms with Gasteiger partial charge in [0.25, 0.3) is 0 Å². The van der Waals surface area contributed by atoms with Crippen molar-refractivity contribution in [2.45, 2.75) is 3.79 Å². The summed E-state index contributed by atoms with van der Waals surface area (Å²) in [5.41, 5.74) is 1.52. The molecule has 0 bridgehead atoms. The number of alkyl halides is 3. The number of nitrogens with one attached hydrogen (secondary N) is 1. The molecule has 0 amide bonds. The van der Waals surface area contributed by atoms with Gasteiger partial charge in [0.1, 0.15) is 6.61 Å². The molecule has 0 aliphatic rings. The third-order valence-electron chi connectivity index (χ3n) is 3.05. The monoisotopic (exact) mass is 585 g/mol. The summed E-state index contributed by atoms with van der Waals surface area (Å²) < 4.78 is 28.9. The molecule has 0 fully saturated rings. The first-order valence-electron chi connectivity index (χ1n) is 7.86. The Hall–Kier alpha value is -1.31. The van der Waals surface area contributed by atoms with E-state index in [2.05, 4.69) is 18.9 Å². The number of pyridine rings is 2. The summed E-state index contributed by atoms with van der Waals surface area (Å²) in [4.78, 5) is 7.97. The number of hydrogen-bond donors (Lipinski definition) is 1. The molecule has 1 N–H and O–H groups in total. The van der Waals surface area contributed by atoms with Crippen LogP contribution in [-0.2, 0) is 34.9 Å². The predicted octanol–water partition coefficient (Wildman–Crippen LogP) is 5.02. The molecule has 0 spiro atoms. The van der Waals surface area contributed by atoms with E-state index in [9.17, 15) is 8.42 Å². The van der Waals surface area contributed by atoms with Gasteiger partial charge in [0.15, 0.2) is 0 Å². The van der Waals surface area contributed by atoms with Gasteiger partial charge in [-0.15, -0.1) is 0 Å². The second-order valence-electron chi connectivity index (χ2n) is 5.22. The van der Waals surface area contributed by atoms with Crippen LogP contribution in [0.25, 0.3) is 11.3 Å². The van der Waals surface area contributed by atoms with E-state index in [0.717, 1.165) is 0 Å². The van der Waals surface area contributed by atoms with Gasteiger partial charge in [-0.05, 0) is 30.3 Å². The SMILES string of the molecule is F.O=S(=O)(Nc1ccccc1-c1ccccn1)OCC(Cl)(Cl)Cl.[Pd].c1ccncc1. The molecule has 0 aliphatic carbocycles. The number of rotatable bonds is 5. The van der Waals surface area contributed by atoms with Gasteiger partial charge >= 0.3 is 10.3 Å². The maximum absolute atomic E-state index is 11.9. The molecule has 0 saturated carbocycles. The minimum atomic E-state index is -4.13. The number of anilines is 1. The van der Waals surface area contributed by atoms with Crippen LogP contribution in [0.5, 0.6) is 0 Å². The van der Waals surface area contributed by atoms with Gasteiger partial charge in [-0.25, -0.2) is 4.18 Å². The molecule has 0 aliphatic heterocycles. The van der Waals surface area contributed by atoms with Gasteiger partial charge in [0.05, 0.1) is 11.4 Å². The Morgan fingerprint density at radius 1 is 0.900 bits per heavy atom. The number of hydrogen-bond acceptors (Lipinski definition) is 5. The molecule has 6 nitrogen and oxygen atoms in total. The summed E-state index contributed by atoms with van der Waals surface area (Å²) in [5, 5.41) is 0. The van der Waals surface area contributed by atoms with E-state index in [1.54, 1.807) is 61.1 Å². The molecule has 2 aromatic heterocycles. The topological polar surface area (TPSA) is 81.2 Å². The zero-order valence-corrected chi connectivity index (χ0v) is 19.7. The normalized spacial score (nSPS) is 10.5. The summed E-state index contributed by atoms with van der Waals surface area (Å²) >= 11 is 16.4. The Labute approximate surface area is 203 Å². The van der Waals surface area contributed by atoms with Crippen molar-refractivity contribution in [3.05, 3.63) is 79.3 Å². The number of nitrogens with zero attached hydrogens (tertiary/aromatic N) is 2. The van der Waals surface area contributed by atoms with Crippen molar-refractivity contribution in [1.29, 1.82) is 0 Å². The van der Waals surface area contributed by atoms with Gasteiger partial charge in [-0.2, -0.15) is 8.42 Å². The van der Waals surface area contributed by atoms with Crippen molar-refractivity contribution < 1.29 is 37.7 Å². The number of halogens is 4. The Morgan fingerprint density at radius 2 is 1.50 bits per heavy atom. The van der Waals surface area contributed by atoms with Crippen molar-refractivity contribution in [3.8, 4) is 11.3 Å². The zero-order chi connectivity index (χ0) is 20.5. The first kappa shape index (κ1) is 28.7. The predicted molar refractivity (Wildman–Crippen MR) is 115 cm³/mol. The Balaban J connectivity index is 0.000000906. The fraction of sp³-hybridized carbons (Fsp3) is 0.111. The molecule has 12 heteroatoms. The minimum absolute atomic E-state index is 0. The minimum Gasteiger partial charge on any atom is -0.269 e. The van der Waals surface area contributed by atoms with Crippen LogP contribution in [0.1, 0.15) is 0 Å². The van der Waals surface area contributed by atoms with Gasteiger partial charge in [0, 0.05) is 44.6 Å². The summed E-state index contributed by atoms with van der Waals surface area (Å²) in [7, 11) is -4.13. The average molecular weight is 587 g/mol. The van der Waals surface area contributed by atoms with Gasteiger partial charge in [-0.1, -0.05) is 65.1 Å². The van der Waals surface area contributed by atoms with Crippen LogP contribution < -0.4 is 4.72 Å². The molecule has 30 heavy (non-hydrogen) atoms. The molecule has 1 aromatic carbocycles. The summed E-state index contributed by atoms with van der Waals surface area (Å²) in [5.74, 6) is 0. The smallest absolute Gasteiger partial charge is 0.269 e. The van der Waals surface area contributed by atoms with Gasteiger partial charge in [-0.3, -0.25) is 19.4 Å². The maximum Gasteiger partial charge on any atom is 0.360 e. The van der Waals surface area contributed by atoms with Crippen LogP contribution in [0.3, 0.4) is 0 Å². The molecular weight excluding hydrogens is 570 g/mol. The van der Waals surface area contributed by atoms with Crippen molar-refractivity contribution in [3.63, 3.8) is 0 Å². The van der Waals surface area contributed by atoms with Crippen molar-refractivity contribution in [1.82, 2.24) is 9.97 Å². The van der Waals surface area contributed by atoms with Crippen LogP contribution in [0, 0.1) is 0 Å². The average Bonchev–Trinajstić information content (AvgIpc) is 2.69. The molecule has 0 saturated heterocycles. The van der Waals surface area contributed by atoms with Crippen molar-refractivity contribution in [2.75, 3.05) is 11.3 Å². The standard InChI is InChI=1S/C13H11Cl3N2O3S.C5H5N.FH.Pd/c14-13(15,16)9-21-22(19,20)18-12-7-2-1-5-10(12)11-6-3-4-8-17-11;1-2-4-6-5-3-1;;/h1-8,18H,9H2;1-5H;1H;. The van der Waals surface area contributed by atoms with E-state index in [1.807, 2.05) is 18.2 Å². The number of para-hydroxylation sites is 1. The Morgan fingerprint density at radius 3 is 2.00 bits per heavy atom. The van der Waals surface area contributed by atoms with E-state index in [1.165, 1.54) is 0 Å². The van der Waals surface area contributed by atoms with Gasteiger partial charge in [0.2, 0.25) is 3.79 Å². The fourth-order valence-corrected chi connectivity index (χ4v) is 3.13. The summed E-state index contributed by atoms with van der Waals surface area (Å²) in [6.07, 6.45) is 5.11. The second kappa shape index (κ2) is 13.9. The largest absolute Gasteiger partial charge is 0.360 e. The molecule has 0 atom stereocenters. The van der Waals surface area contributed by atoms with E-state index < -0.39 is 20.7 Å². The van der Waals surface area contributed by atoms with Gasteiger partial charge < -0.3 is 0 Å². The van der Waals surface area contributed by atoms with Crippen LogP contribution in [-0.4, -0.2) is 28.8 Å². The zero-order valence-electron chi connectivity index (χ0n) is 15.1. The van der Waals surface area contributed by atoms with E-state index in [-0.39, 0.29) is 25.1 Å². The molecule has 2 heterocycles. The van der Waals surface area contributed by atoms with Crippen LogP contribution in [0.4, 0.5) is 10.4 Å². The molecule has 3 rings (SSSR count). The van der Waals surface area contributed by atoms with Crippen LogP contribution in [0.2, 0.25) is 0 Å². The van der Waals surface area contributed by atoms with E-state index in [0.29, 0.717) is 16.9 Å². The summed E-state index contributed by atoms with van der Waals surface area (Å²) in [6, 6.07) is 17.8.